The molecule has 0 aliphatic carbocycles. The number of benzene rings is 1. The molecule has 2 aliphatic rings. The van der Waals surface area contributed by atoms with Crippen molar-refractivity contribution < 1.29 is 22.7 Å². The van der Waals surface area contributed by atoms with Crippen molar-refractivity contribution >= 4 is 17.5 Å². The monoisotopic (exact) mass is 467 g/mol. The maximum Gasteiger partial charge on any atom is 0.416 e. The number of nitrogens with zero attached hydrogens (tertiary/aromatic N) is 3. The molecule has 2 saturated heterocycles. The Hall–Kier alpha value is -2.32. The highest BCUT2D eigenvalue weighted by Crippen LogP contribution is 2.37. The topological polar surface area (TPSA) is 45.7 Å². The second-order valence-corrected chi connectivity index (χ2v) is 8.63. The molecule has 0 radical (unpaired) electrons. The van der Waals surface area contributed by atoms with Gasteiger partial charge in [0, 0.05) is 24.7 Å². The first kappa shape index (κ1) is 22.9. The van der Waals surface area contributed by atoms with Gasteiger partial charge in [-0.1, -0.05) is 23.7 Å². The van der Waals surface area contributed by atoms with Gasteiger partial charge in [0.25, 0.3) is 5.91 Å². The Bertz CT molecular complexity index is 985. The quantitative estimate of drug-likeness (QED) is 0.625. The molecule has 0 saturated carbocycles. The van der Waals surface area contributed by atoms with Crippen LogP contribution in [0.4, 0.5) is 13.2 Å². The number of amides is 1. The molecule has 0 bridgehead atoms. The first-order valence-electron chi connectivity index (χ1n) is 10.7. The van der Waals surface area contributed by atoms with Crippen LogP contribution in [0.2, 0.25) is 5.02 Å². The van der Waals surface area contributed by atoms with Crippen molar-refractivity contribution in [3.63, 3.8) is 0 Å². The van der Waals surface area contributed by atoms with Crippen molar-refractivity contribution in [3.05, 3.63) is 46.6 Å². The van der Waals surface area contributed by atoms with Gasteiger partial charge in [-0.25, -0.2) is 4.98 Å². The zero-order valence-corrected chi connectivity index (χ0v) is 18.5. The number of hydrogen-bond donors (Lipinski definition) is 0. The lowest BCUT2D eigenvalue weighted by Gasteiger charge is -2.36. The van der Waals surface area contributed by atoms with Gasteiger partial charge in [0.2, 0.25) is 5.88 Å². The Kier molecular flexibility index (Phi) is 6.62. The molecule has 1 amide bonds. The second kappa shape index (κ2) is 9.27. The number of methoxy groups -OCH3 is 1. The van der Waals surface area contributed by atoms with Crippen LogP contribution in [0.3, 0.4) is 0 Å². The summed E-state index contributed by atoms with van der Waals surface area (Å²) in [6.07, 6.45) is -0.198. The van der Waals surface area contributed by atoms with E-state index >= 15 is 0 Å². The van der Waals surface area contributed by atoms with Crippen LogP contribution < -0.4 is 4.74 Å². The summed E-state index contributed by atoms with van der Waals surface area (Å²) in [5, 5.41) is 0.0879. The number of halogens is 4. The van der Waals surface area contributed by atoms with Crippen LogP contribution in [-0.2, 0) is 6.18 Å². The van der Waals surface area contributed by atoms with Gasteiger partial charge in [-0.2, -0.15) is 13.2 Å². The molecule has 9 heteroatoms. The molecule has 0 atom stereocenters. The lowest BCUT2D eigenvalue weighted by molar-refractivity contribution is -0.137. The molecule has 0 N–H and O–H groups in total. The number of ether oxygens (including phenoxy) is 1. The predicted molar refractivity (Wildman–Crippen MR) is 116 cm³/mol. The Morgan fingerprint density at radius 1 is 1.12 bits per heavy atom. The third-order valence-electron chi connectivity index (χ3n) is 6.25. The molecule has 172 valence electrons. The SMILES string of the molecule is COc1nc(C(=O)N2CCC(N3CCCC3)CC2)c(Cl)cc1-c1cccc(C(F)(F)F)c1. The van der Waals surface area contributed by atoms with Crippen molar-refractivity contribution in [3.8, 4) is 17.0 Å². The van der Waals surface area contributed by atoms with E-state index in [-0.39, 0.29) is 28.1 Å². The van der Waals surface area contributed by atoms with E-state index in [1.165, 1.54) is 38.2 Å². The van der Waals surface area contributed by atoms with Gasteiger partial charge >= 0.3 is 6.18 Å². The maximum absolute atomic E-state index is 13.1. The molecule has 1 aromatic heterocycles. The normalized spacial score (nSPS) is 18.2. The maximum atomic E-state index is 13.1. The third kappa shape index (κ3) is 4.71. The van der Waals surface area contributed by atoms with Crippen LogP contribution >= 0.6 is 11.6 Å². The fraction of sp³-hybridized carbons (Fsp3) is 0.478. The van der Waals surface area contributed by atoms with E-state index in [4.69, 9.17) is 16.3 Å². The highest BCUT2D eigenvalue weighted by atomic mass is 35.5. The van der Waals surface area contributed by atoms with Crippen molar-refractivity contribution in [1.82, 2.24) is 14.8 Å². The summed E-state index contributed by atoms with van der Waals surface area (Å²) in [5.74, 6) is -0.229. The van der Waals surface area contributed by atoms with Gasteiger partial charge in [0.05, 0.1) is 17.7 Å². The van der Waals surface area contributed by atoms with E-state index < -0.39 is 11.7 Å². The molecular weight excluding hydrogens is 443 g/mol. The first-order valence-corrected chi connectivity index (χ1v) is 11.1. The van der Waals surface area contributed by atoms with Gasteiger partial charge in [-0.15, -0.1) is 0 Å². The zero-order chi connectivity index (χ0) is 22.9. The van der Waals surface area contributed by atoms with Gasteiger partial charge in [-0.05, 0) is 62.5 Å². The van der Waals surface area contributed by atoms with E-state index in [0.29, 0.717) is 24.7 Å². The van der Waals surface area contributed by atoms with E-state index in [2.05, 4.69) is 9.88 Å². The zero-order valence-electron chi connectivity index (χ0n) is 17.8. The van der Waals surface area contributed by atoms with Gasteiger partial charge in [0.15, 0.2) is 5.69 Å². The van der Waals surface area contributed by atoms with E-state index in [9.17, 15) is 18.0 Å². The summed E-state index contributed by atoms with van der Waals surface area (Å²) in [6.45, 7) is 3.49. The van der Waals surface area contributed by atoms with Crippen LogP contribution in [0.25, 0.3) is 11.1 Å². The molecule has 3 heterocycles. The highest BCUT2D eigenvalue weighted by molar-refractivity contribution is 6.33. The summed E-state index contributed by atoms with van der Waals surface area (Å²) in [4.78, 5) is 21.6. The van der Waals surface area contributed by atoms with Crippen LogP contribution in [0.15, 0.2) is 30.3 Å². The number of alkyl halides is 3. The molecule has 0 unspecified atom stereocenters. The number of pyridine rings is 1. The average molecular weight is 468 g/mol. The number of hydrogen-bond acceptors (Lipinski definition) is 4. The van der Waals surface area contributed by atoms with Gasteiger partial charge < -0.3 is 14.5 Å². The Morgan fingerprint density at radius 2 is 1.81 bits per heavy atom. The lowest BCUT2D eigenvalue weighted by Crippen LogP contribution is -2.46. The Balaban J connectivity index is 1.55. The lowest BCUT2D eigenvalue weighted by atomic mass is 10.0. The molecule has 1 aromatic carbocycles. The van der Waals surface area contributed by atoms with Gasteiger partial charge in [-0.3, -0.25) is 4.79 Å². The summed E-state index contributed by atoms with van der Waals surface area (Å²) in [6, 6.07) is 6.80. The minimum absolute atomic E-state index is 0.0545. The number of rotatable bonds is 4. The Labute approximate surface area is 190 Å². The standard InChI is InChI=1S/C23H25ClF3N3O2/c1-32-21-18(15-5-4-6-16(13-15)23(25,26)27)14-19(24)20(28-21)22(31)30-11-7-17(8-12-30)29-9-2-3-10-29/h4-6,13-14,17H,2-3,7-12H2,1H3. The molecule has 32 heavy (non-hydrogen) atoms. The largest absolute Gasteiger partial charge is 0.481 e. The summed E-state index contributed by atoms with van der Waals surface area (Å²) in [5.41, 5.74) is -0.169. The van der Waals surface area contributed by atoms with Gasteiger partial charge in [0.1, 0.15) is 0 Å². The summed E-state index contributed by atoms with van der Waals surface area (Å²) >= 11 is 6.39. The predicted octanol–water partition coefficient (Wildman–Crippen LogP) is 5.13. The van der Waals surface area contributed by atoms with E-state index in [0.717, 1.165) is 38.1 Å². The van der Waals surface area contributed by atoms with Crippen LogP contribution in [0.5, 0.6) is 5.88 Å². The second-order valence-electron chi connectivity index (χ2n) is 8.22. The highest BCUT2D eigenvalue weighted by Gasteiger charge is 2.32. The van der Waals surface area contributed by atoms with Crippen molar-refractivity contribution in [2.45, 2.75) is 37.9 Å². The fourth-order valence-corrected chi connectivity index (χ4v) is 4.77. The molecule has 2 aromatic rings. The van der Waals surface area contributed by atoms with Crippen LogP contribution in [0, 0.1) is 0 Å². The molecule has 2 aliphatic heterocycles. The fourth-order valence-electron chi connectivity index (χ4n) is 4.54. The summed E-state index contributed by atoms with van der Waals surface area (Å²) < 4.78 is 44.7. The van der Waals surface area contributed by atoms with Crippen molar-refractivity contribution in [1.29, 1.82) is 0 Å². The van der Waals surface area contributed by atoms with E-state index in [1.807, 2.05) is 0 Å². The minimum Gasteiger partial charge on any atom is -0.481 e. The molecule has 5 nitrogen and oxygen atoms in total. The minimum atomic E-state index is -4.47. The Morgan fingerprint density at radius 3 is 2.44 bits per heavy atom. The number of likely N-dealkylation sites (tertiary alicyclic amines) is 2. The van der Waals surface area contributed by atoms with Crippen molar-refractivity contribution in [2.75, 3.05) is 33.3 Å². The summed E-state index contributed by atoms with van der Waals surface area (Å²) in [7, 11) is 1.36. The van der Waals surface area contributed by atoms with Crippen molar-refractivity contribution in [2.24, 2.45) is 0 Å². The smallest absolute Gasteiger partial charge is 0.416 e. The number of aromatic nitrogens is 1. The molecule has 2 fully saturated rings. The number of carbonyl (C=O) groups excluding carboxylic acids is 1. The van der Waals surface area contributed by atoms with Crippen LogP contribution in [0.1, 0.15) is 41.7 Å². The third-order valence-corrected chi connectivity index (χ3v) is 6.53. The molecular formula is C23H25ClF3N3O2. The van der Waals surface area contributed by atoms with Crippen LogP contribution in [-0.4, -0.2) is 60.0 Å². The molecule has 4 rings (SSSR count). The number of piperidine rings is 1. The number of carbonyl (C=O) groups is 1. The molecule has 0 spiro atoms. The first-order chi connectivity index (χ1) is 15.3. The average Bonchev–Trinajstić information content (AvgIpc) is 3.33. The van der Waals surface area contributed by atoms with E-state index in [1.54, 1.807) is 4.90 Å².